The number of carbonyl (C=O) groups excluding carboxylic acids is 1. The summed E-state index contributed by atoms with van der Waals surface area (Å²) in [6.07, 6.45) is -5.72. The Morgan fingerprint density at radius 3 is 2.29 bits per heavy atom. The second-order valence-electron chi connectivity index (χ2n) is 7.35. The van der Waals surface area contributed by atoms with Gasteiger partial charge in [0.2, 0.25) is 0 Å². The maximum absolute atomic E-state index is 13.4. The Bertz CT molecular complexity index is 1340. The number of halogens is 5. The first kappa shape index (κ1) is 23.9. The van der Waals surface area contributed by atoms with Gasteiger partial charge in [0.1, 0.15) is 11.9 Å². The molecule has 0 fully saturated rings. The standard InChI is InChI=1S/C25H16Cl2F3NO3/c26-15-6-8-19(25(28,29)30)17(12-15)21-10-11-22(34-21)24(33)31-20-9-7-16(27)13-18(20)23(32)14-4-2-1-3-5-14/h1-13,23,32H,(H,31,33)/t23-/m1/s1. The van der Waals surface area contributed by atoms with E-state index in [0.717, 1.165) is 18.2 Å². The fraction of sp³-hybridized carbons (Fsp3) is 0.0800. The van der Waals surface area contributed by atoms with E-state index in [4.69, 9.17) is 27.6 Å². The fourth-order valence-electron chi connectivity index (χ4n) is 3.44. The van der Waals surface area contributed by atoms with E-state index in [9.17, 15) is 23.1 Å². The van der Waals surface area contributed by atoms with Gasteiger partial charge in [0.25, 0.3) is 5.91 Å². The molecule has 0 aliphatic heterocycles. The zero-order valence-electron chi connectivity index (χ0n) is 17.2. The van der Waals surface area contributed by atoms with Gasteiger partial charge in [-0.15, -0.1) is 0 Å². The second-order valence-corrected chi connectivity index (χ2v) is 8.22. The van der Waals surface area contributed by atoms with Crippen molar-refractivity contribution in [1.29, 1.82) is 0 Å². The third-order valence-electron chi connectivity index (χ3n) is 5.05. The third kappa shape index (κ3) is 5.12. The quantitative estimate of drug-likeness (QED) is 0.293. The van der Waals surface area contributed by atoms with Gasteiger partial charge in [0, 0.05) is 26.9 Å². The van der Waals surface area contributed by atoms with E-state index < -0.39 is 23.8 Å². The molecule has 1 heterocycles. The topological polar surface area (TPSA) is 62.5 Å². The predicted molar refractivity (Wildman–Crippen MR) is 124 cm³/mol. The van der Waals surface area contributed by atoms with E-state index in [0.29, 0.717) is 16.1 Å². The highest BCUT2D eigenvalue weighted by atomic mass is 35.5. The van der Waals surface area contributed by atoms with E-state index in [1.807, 2.05) is 0 Å². The molecule has 0 spiro atoms. The summed E-state index contributed by atoms with van der Waals surface area (Å²) in [5, 5.41) is 13.9. The van der Waals surface area contributed by atoms with Crippen molar-refractivity contribution in [3.63, 3.8) is 0 Å². The van der Waals surface area contributed by atoms with Crippen LogP contribution in [-0.4, -0.2) is 11.0 Å². The van der Waals surface area contributed by atoms with E-state index in [1.54, 1.807) is 30.3 Å². The highest BCUT2D eigenvalue weighted by Crippen LogP contribution is 2.39. The molecule has 0 unspecified atom stereocenters. The minimum Gasteiger partial charge on any atom is -0.451 e. The minimum absolute atomic E-state index is 0.0890. The summed E-state index contributed by atoms with van der Waals surface area (Å²) in [6.45, 7) is 0. The number of amides is 1. The first-order chi connectivity index (χ1) is 16.1. The van der Waals surface area contributed by atoms with Crippen LogP contribution in [0.1, 0.15) is 33.3 Å². The molecular formula is C25H16Cl2F3NO3. The minimum atomic E-state index is -4.64. The Labute approximate surface area is 202 Å². The van der Waals surface area contributed by atoms with Crippen LogP contribution >= 0.6 is 23.2 Å². The van der Waals surface area contributed by atoms with Gasteiger partial charge in [0.05, 0.1) is 5.56 Å². The summed E-state index contributed by atoms with van der Waals surface area (Å²) in [5.74, 6) is -1.11. The molecule has 174 valence electrons. The summed E-state index contributed by atoms with van der Waals surface area (Å²) in [6, 6.07) is 19.0. The third-order valence-corrected chi connectivity index (χ3v) is 5.52. The number of anilines is 1. The van der Waals surface area contributed by atoms with Crippen molar-refractivity contribution < 1.29 is 27.5 Å². The molecule has 2 N–H and O–H groups in total. The molecule has 3 aromatic carbocycles. The van der Waals surface area contributed by atoms with Gasteiger partial charge in [-0.05, 0) is 54.1 Å². The van der Waals surface area contributed by atoms with Crippen LogP contribution in [0.3, 0.4) is 0 Å². The number of carbonyl (C=O) groups is 1. The largest absolute Gasteiger partial charge is 0.451 e. The number of benzene rings is 3. The Balaban J connectivity index is 1.64. The van der Waals surface area contributed by atoms with Gasteiger partial charge in [-0.2, -0.15) is 13.2 Å². The molecule has 0 bridgehead atoms. The number of rotatable bonds is 5. The van der Waals surface area contributed by atoms with Gasteiger partial charge in [-0.3, -0.25) is 4.79 Å². The summed E-state index contributed by atoms with van der Waals surface area (Å²) in [4.78, 5) is 12.8. The lowest BCUT2D eigenvalue weighted by Gasteiger charge is -2.17. The first-order valence-electron chi connectivity index (χ1n) is 9.94. The highest BCUT2D eigenvalue weighted by molar-refractivity contribution is 6.31. The number of nitrogens with one attached hydrogen (secondary N) is 1. The van der Waals surface area contributed by atoms with Crippen molar-refractivity contribution in [2.45, 2.75) is 12.3 Å². The van der Waals surface area contributed by atoms with Gasteiger partial charge in [-0.25, -0.2) is 0 Å². The van der Waals surface area contributed by atoms with E-state index >= 15 is 0 Å². The molecule has 4 rings (SSSR count). The highest BCUT2D eigenvalue weighted by Gasteiger charge is 2.34. The Morgan fingerprint density at radius 2 is 1.59 bits per heavy atom. The first-order valence-corrected chi connectivity index (χ1v) is 10.7. The smallest absolute Gasteiger partial charge is 0.417 e. The monoisotopic (exact) mass is 505 g/mol. The second kappa shape index (κ2) is 9.54. The number of alkyl halides is 3. The lowest BCUT2D eigenvalue weighted by Crippen LogP contribution is -2.14. The van der Waals surface area contributed by atoms with Gasteiger partial charge in [-0.1, -0.05) is 53.5 Å². The number of furan rings is 1. The van der Waals surface area contributed by atoms with Gasteiger partial charge < -0.3 is 14.8 Å². The molecular weight excluding hydrogens is 490 g/mol. The van der Waals surface area contributed by atoms with Gasteiger partial charge in [0.15, 0.2) is 5.76 Å². The maximum atomic E-state index is 13.4. The Morgan fingerprint density at radius 1 is 0.912 bits per heavy atom. The van der Waals surface area contributed by atoms with Crippen molar-refractivity contribution >= 4 is 34.8 Å². The molecule has 4 aromatic rings. The number of aliphatic hydroxyl groups is 1. The summed E-state index contributed by atoms with van der Waals surface area (Å²) >= 11 is 12.0. The molecule has 9 heteroatoms. The molecule has 0 aliphatic carbocycles. The van der Waals surface area contributed by atoms with Crippen LogP contribution in [0.4, 0.5) is 18.9 Å². The molecule has 0 saturated heterocycles. The molecule has 1 aromatic heterocycles. The average molecular weight is 506 g/mol. The van der Waals surface area contributed by atoms with Crippen LogP contribution < -0.4 is 5.32 Å². The number of aliphatic hydroxyl groups excluding tert-OH is 1. The number of hydrogen-bond acceptors (Lipinski definition) is 3. The zero-order valence-corrected chi connectivity index (χ0v) is 18.7. The van der Waals surface area contributed by atoms with Crippen LogP contribution in [-0.2, 0) is 6.18 Å². The van der Waals surface area contributed by atoms with Crippen LogP contribution in [0.25, 0.3) is 11.3 Å². The normalized spacial score (nSPS) is 12.4. The Hall–Kier alpha value is -3.26. The molecule has 1 atom stereocenters. The van der Waals surface area contributed by atoms with Crippen molar-refractivity contribution in [3.05, 3.63) is 111 Å². The van der Waals surface area contributed by atoms with Gasteiger partial charge >= 0.3 is 6.18 Å². The van der Waals surface area contributed by atoms with Crippen LogP contribution in [0.5, 0.6) is 0 Å². The fourth-order valence-corrected chi connectivity index (χ4v) is 3.80. The number of hydrogen-bond donors (Lipinski definition) is 2. The van der Waals surface area contributed by atoms with Crippen molar-refractivity contribution in [2.24, 2.45) is 0 Å². The van der Waals surface area contributed by atoms with E-state index in [1.165, 1.54) is 30.3 Å². The van der Waals surface area contributed by atoms with Crippen LogP contribution in [0, 0.1) is 0 Å². The molecule has 0 radical (unpaired) electrons. The summed E-state index contributed by atoms with van der Waals surface area (Å²) < 4.78 is 45.7. The molecule has 1 amide bonds. The summed E-state index contributed by atoms with van der Waals surface area (Å²) in [7, 11) is 0. The predicted octanol–water partition coefficient (Wildman–Crippen LogP) is 7.61. The molecule has 34 heavy (non-hydrogen) atoms. The molecule has 0 saturated carbocycles. The van der Waals surface area contributed by atoms with Crippen molar-refractivity contribution in [2.75, 3.05) is 5.32 Å². The SMILES string of the molecule is O=C(Nc1ccc(Cl)cc1[C@H](O)c1ccccc1)c1ccc(-c2cc(Cl)ccc2C(F)(F)F)o1. The molecule has 0 aliphatic rings. The van der Waals surface area contributed by atoms with E-state index in [-0.39, 0.29) is 27.8 Å². The lowest BCUT2D eigenvalue weighted by molar-refractivity contribution is -0.137. The summed E-state index contributed by atoms with van der Waals surface area (Å²) in [5.41, 5.74) is -0.0356. The van der Waals surface area contributed by atoms with E-state index in [2.05, 4.69) is 5.32 Å². The Kier molecular flexibility index (Phi) is 6.70. The average Bonchev–Trinajstić information content (AvgIpc) is 3.30. The van der Waals surface area contributed by atoms with Crippen molar-refractivity contribution in [3.8, 4) is 11.3 Å². The van der Waals surface area contributed by atoms with Crippen molar-refractivity contribution in [1.82, 2.24) is 0 Å². The van der Waals surface area contributed by atoms with Crippen LogP contribution in [0.15, 0.2) is 83.3 Å². The maximum Gasteiger partial charge on any atom is 0.417 e. The molecule has 4 nitrogen and oxygen atoms in total. The van der Waals surface area contributed by atoms with Crippen LogP contribution in [0.2, 0.25) is 10.0 Å². The zero-order chi connectivity index (χ0) is 24.5. The lowest BCUT2D eigenvalue weighted by atomic mass is 10.00.